The zero-order chi connectivity index (χ0) is 11.0. The van der Waals surface area contributed by atoms with E-state index in [2.05, 4.69) is 24.7 Å². The third kappa shape index (κ3) is 6.46. The lowest BCUT2D eigenvalue weighted by atomic mass is 10.1. The van der Waals surface area contributed by atoms with Crippen molar-refractivity contribution in [2.45, 2.75) is 40.0 Å². The molecule has 0 bridgehead atoms. The van der Waals surface area contributed by atoms with Crippen LogP contribution in [0.2, 0.25) is 0 Å². The lowest BCUT2D eigenvalue weighted by Gasteiger charge is -1.99. The van der Waals surface area contributed by atoms with Crippen LogP contribution in [0.5, 0.6) is 0 Å². The summed E-state index contributed by atoms with van der Waals surface area (Å²) in [5.74, 6) is -0.265. The Morgan fingerprint density at radius 2 is 1.93 bits per heavy atom. The molecule has 14 heavy (non-hydrogen) atoms. The van der Waals surface area contributed by atoms with Crippen molar-refractivity contribution in [3.63, 3.8) is 0 Å². The quantitative estimate of drug-likeness (QED) is 0.383. The molecule has 80 valence electrons. The summed E-state index contributed by atoms with van der Waals surface area (Å²) >= 11 is 0. The molecule has 0 radical (unpaired) electrons. The van der Waals surface area contributed by atoms with Gasteiger partial charge in [-0.3, -0.25) is 0 Å². The molecular formula is C12H20O2. The first-order valence-electron chi connectivity index (χ1n) is 5.00. The maximum Gasteiger partial charge on any atom is 0.330 e. The third-order valence-corrected chi connectivity index (χ3v) is 2.15. The lowest BCUT2D eigenvalue weighted by molar-refractivity contribution is -0.134. The molecule has 0 rings (SSSR count). The summed E-state index contributed by atoms with van der Waals surface area (Å²) in [6.07, 6.45) is 6.79. The Balaban J connectivity index is 3.90. The Morgan fingerprint density at radius 3 is 2.43 bits per heavy atom. The monoisotopic (exact) mass is 196 g/mol. The number of hydrogen-bond donors (Lipinski definition) is 0. The van der Waals surface area contributed by atoms with Crippen LogP contribution in [0.1, 0.15) is 40.0 Å². The van der Waals surface area contributed by atoms with Crippen molar-refractivity contribution in [3.05, 3.63) is 23.3 Å². The van der Waals surface area contributed by atoms with Crippen LogP contribution in [0.4, 0.5) is 0 Å². The van der Waals surface area contributed by atoms with Crippen LogP contribution >= 0.6 is 0 Å². The zero-order valence-electron chi connectivity index (χ0n) is 9.59. The predicted octanol–water partition coefficient (Wildman–Crippen LogP) is 3.24. The SMILES string of the molecule is CCC(C)=CCC/C(C)=C/C(=O)OC. The number of allylic oxidation sites excluding steroid dienone is 3. The predicted molar refractivity (Wildman–Crippen MR) is 59.1 cm³/mol. The number of ether oxygens (including phenoxy) is 1. The highest BCUT2D eigenvalue weighted by molar-refractivity contribution is 5.82. The van der Waals surface area contributed by atoms with E-state index in [4.69, 9.17) is 0 Å². The minimum Gasteiger partial charge on any atom is -0.466 e. The van der Waals surface area contributed by atoms with Crippen LogP contribution in [0.15, 0.2) is 23.3 Å². The van der Waals surface area contributed by atoms with Gasteiger partial charge in [0.2, 0.25) is 0 Å². The van der Waals surface area contributed by atoms with E-state index in [1.165, 1.54) is 12.7 Å². The van der Waals surface area contributed by atoms with Gasteiger partial charge in [-0.05, 0) is 33.1 Å². The van der Waals surface area contributed by atoms with Crippen LogP contribution in [-0.4, -0.2) is 13.1 Å². The maximum absolute atomic E-state index is 10.9. The van der Waals surface area contributed by atoms with E-state index in [9.17, 15) is 4.79 Å². The number of esters is 1. The molecule has 0 heterocycles. The van der Waals surface area contributed by atoms with Crippen LogP contribution < -0.4 is 0 Å². The van der Waals surface area contributed by atoms with Gasteiger partial charge in [-0.15, -0.1) is 0 Å². The molecule has 0 aliphatic rings. The normalized spacial score (nSPS) is 12.9. The van der Waals surface area contributed by atoms with Crippen molar-refractivity contribution < 1.29 is 9.53 Å². The Labute approximate surface area is 86.6 Å². The summed E-state index contributed by atoms with van der Waals surface area (Å²) in [6, 6.07) is 0. The average molecular weight is 196 g/mol. The highest BCUT2D eigenvalue weighted by Gasteiger charge is 1.95. The van der Waals surface area contributed by atoms with Crippen molar-refractivity contribution in [2.24, 2.45) is 0 Å². The maximum atomic E-state index is 10.9. The highest BCUT2D eigenvalue weighted by Crippen LogP contribution is 2.08. The summed E-state index contributed by atoms with van der Waals surface area (Å²) in [6.45, 7) is 6.22. The third-order valence-electron chi connectivity index (χ3n) is 2.15. The summed E-state index contributed by atoms with van der Waals surface area (Å²) < 4.78 is 4.54. The topological polar surface area (TPSA) is 26.3 Å². The average Bonchev–Trinajstić information content (AvgIpc) is 2.17. The smallest absolute Gasteiger partial charge is 0.330 e. The van der Waals surface area contributed by atoms with Gasteiger partial charge in [0.1, 0.15) is 0 Å². The molecule has 2 nitrogen and oxygen atoms in total. The Bertz CT molecular complexity index is 237. The summed E-state index contributed by atoms with van der Waals surface area (Å²) in [5, 5.41) is 0. The second-order valence-electron chi connectivity index (χ2n) is 3.46. The Kier molecular flexibility index (Phi) is 6.81. The molecule has 0 spiro atoms. The largest absolute Gasteiger partial charge is 0.466 e. The van der Waals surface area contributed by atoms with Crippen molar-refractivity contribution >= 4 is 5.97 Å². The fraction of sp³-hybridized carbons (Fsp3) is 0.583. The summed E-state index contributed by atoms with van der Waals surface area (Å²) in [5.41, 5.74) is 2.47. The van der Waals surface area contributed by atoms with E-state index in [0.717, 1.165) is 24.8 Å². The molecule has 0 aromatic carbocycles. The molecule has 0 aromatic heterocycles. The minimum absolute atomic E-state index is 0.265. The van der Waals surface area contributed by atoms with E-state index < -0.39 is 0 Å². The van der Waals surface area contributed by atoms with Gasteiger partial charge in [0.05, 0.1) is 7.11 Å². The van der Waals surface area contributed by atoms with Gasteiger partial charge in [0.15, 0.2) is 0 Å². The second-order valence-corrected chi connectivity index (χ2v) is 3.46. The van der Waals surface area contributed by atoms with Gasteiger partial charge >= 0.3 is 5.97 Å². The Morgan fingerprint density at radius 1 is 1.29 bits per heavy atom. The molecule has 0 atom stereocenters. The lowest BCUT2D eigenvalue weighted by Crippen LogP contribution is -1.95. The summed E-state index contributed by atoms with van der Waals surface area (Å²) in [7, 11) is 1.40. The Hall–Kier alpha value is -1.05. The van der Waals surface area contributed by atoms with Gasteiger partial charge in [0.25, 0.3) is 0 Å². The highest BCUT2D eigenvalue weighted by atomic mass is 16.5. The zero-order valence-corrected chi connectivity index (χ0v) is 9.59. The molecule has 0 saturated carbocycles. The number of rotatable bonds is 5. The molecule has 0 N–H and O–H groups in total. The van der Waals surface area contributed by atoms with Gasteiger partial charge in [-0.2, -0.15) is 0 Å². The van der Waals surface area contributed by atoms with Gasteiger partial charge in [-0.25, -0.2) is 4.79 Å². The van der Waals surface area contributed by atoms with E-state index in [0.29, 0.717) is 0 Å². The molecule has 0 aromatic rings. The first kappa shape index (κ1) is 12.9. The van der Waals surface area contributed by atoms with E-state index in [-0.39, 0.29) is 5.97 Å². The van der Waals surface area contributed by atoms with Crippen LogP contribution in [0, 0.1) is 0 Å². The second kappa shape index (κ2) is 7.36. The summed E-state index contributed by atoms with van der Waals surface area (Å²) in [4.78, 5) is 10.9. The first-order valence-corrected chi connectivity index (χ1v) is 5.00. The first-order chi connectivity index (χ1) is 6.60. The number of methoxy groups -OCH3 is 1. The van der Waals surface area contributed by atoms with Crippen LogP contribution in [0.3, 0.4) is 0 Å². The number of carbonyl (C=O) groups is 1. The van der Waals surface area contributed by atoms with Gasteiger partial charge in [-0.1, -0.05) is 24.1 Å². The molecule has 0 aliphatic heterocycles. The molecule has 0 fully saturated rings. The molecule has 0 amide bonds. The van der Waals surface area contributed by atoms with Crippen molar-refractivity contribution in [3.8, 4) is 0 Å². The fourth-order valence-electron chi connectivity index (χ4n) is 1.02. The molecule has 0 aliphatic carbocycles. The van der Waals surface area contributed by atoms with Crippen molar-refractivity contribution in [1.82, 2.24) is 0 Å². The molecule has 2 heteroatoms. The fourth-order valence-corrected chi connectivity index (χ4v) is 1.02. The number of carbonyl (C=O) groups excluding carboxylic acids is 1. The molecule has 0 unspecified atom stereocenters. The minimum atomic E-state index is -0.265. The van der Waals surface area contributed by atoms with E-state index in [1.807, 2.05) is 6.92 Å². The van der Waals surface area contributed by atoms with Crippen molar-refractivity contribution in [1.29, 1.82) is 0 Å². The van der Waals surface area contributed by atoms with Crippen LogP contribution in [-0.2, 0) is 9.53 Å². The van der Waals surface area contributed by atoms with Gasteiger partial charge in [0, 0.05) is 6.08 Å². The molecular weight excluding hydrogens is 176 g/mol. The van der Waals surface area contributed by atoms with Crippen LogP contribution in [0.25, 0.3) is 0 Å². The standard InChI is InChI=1S/C12H20O2/c1-5-10(2)7-6-8-11(3)9-12(13)14-4/h7,9H,5-6,8H2,1-4H3/b10-7?,11-9+. The van der Waals surface area contributed by atoms with E-state index >= 15 is 0 Å². The number of hydrogen-bond acceptors (Lipinski definition) is 2. The van der Waals surface area contributed by atoms with Gasteiger partial charge < -0.3 is 4.74 Å². The van der Waals surface area contributed by atoms with Crippen molar-refractivity contribution in [2.75, 3.05) is 7.11 Å². The van der Waals surface area contributed by atoms with E-state index in [1.54, 1.807) is 6.08 Å². The molecule has 0 saturated heterocycles.